The molecule has 1 heterocycles. The Morgan fingerprint density at radius 1 is 0.903 bits per heavy atom. The van der Waals surface area contributed by atoms with Gasteiger partial charge in [-0.1, -0.05) is 31.0 Å². The molecule has 31 heavy (non-hydrogen) atoms. The summed E-state index contributed by atoms with van der Waals surface area (Å²) in [4.78, 5) is 24.4. The van der Waals surface area contributed by atoms with E-state index in [0.717, 1.165) is 31.2 Å². The first kappa shape index (κ1) is 22.8. The van der Waals surface area contributed by atoms with Crippen LogP contribution in [0, 0.1) is 6.92 Å². The number of carbonyl (C=O) groups excluding carboxylic acids is 2. The fourth-order valence-corrected chi connectivity index (χ4v) is 4.99. The van der Waals surface area contributed by atoms with Crippen molar-refractivity contribution in [2.45, 2.75) is 37.5 Å². The number of urea groups is 1. The van der Waals surface area contributed by atoms with Crippen molar-refractivity contribution >= 4 is 33.3 Å². The number of anilines is 2. The van der Waals surface area contributed by atoms with Crippen LogP contribution in [0.2, 0.25) is 0 Å². The first-order valence-corrected chi connectivity index (χ1v) is 11.8. The Kier molecular flexibility index (Phi) is 7.64. The molecule has 9 heteroatoms. The molecule has 0 bridgehead atoms. The van der Waals surface area contributed by atoms with Crippen LogP contribution in [-0.4, -0.2) is 44.3 Å². The zero-order valence-corrected chi connectivity index (χ0v) is 18.4. The largest absolute Gasteiger partial charge is 0.329 e. The van der Waals surface area contributed by atoms with Gasteiger partial charge < -0.3 is 16.0 Å². The Balaban J connectivity index is 1.56. The third-order valence-corrected chi connectivity index (χ3v) is 6.90. The lowest BCUT2D eigenvalue weighted by Crippen LogP contribution is -2.35. The lowest BCUT2D eigenvalue weighted by atomic mass is 10.2. The predicted molar refractivity (Wildman–Crippen MR) is 120 cm³/mol. The molecular formula is C22H28N4O4S. The molecule has 0 aliphatic carbocycles. The van der Waals surface area contributed by atoms with Crippen molar-refractivity contribution < 1.29 is 18.0 Å². The van der Waals surface area contributed by atoms with Crippen molar-refractivity contribution in [2.75, 3.05) is 30.3 Å². The molecule has 0 atom stereocenters. The van der Waals surface area contributed by atoms with E-state index < -0.39 is 22.0 Å². The van der Waals surface area contributed by atoms with Crippen LogP contribution >= 0.6 is 0 Å². The Hall–Kier alpha value is -2.91. The summed E-state index contributed by atoms with van der Waals surface area (Å²) in [5, 5.41) is 7.78. The van der Waals surface area contributed by atoms with E-state index in [0.29, 0.717) is 24.5 Å². The number of sulfonamides is 1. The maximum absolute atomic E-state index is 12.9. The Morgan fingerprint density at radius 3 is 2.23 bits per heavy atom. The number of carbonyl (C=O) groups is 2. The molecule has 3 rings (SSSR count). The molecule has 3 N–H and O–H groups in total. The van der Waals surface area contributed by atoms with Crippen LogP contribution in [0.4, 0.5) is 16.2 Å². The molecule has 8 nitrogen and oxygen atoms in total. The lowest BCUT2D eigenvalue weighted by Gasteiger charge is -2.20. The van der Waals surface area contributed by atoms with Crippen molar-refractivity contribution in [1.82, 2.24) is 9.62 Å². The minimum Gasteiger partial charge on any atom is -0.329 e. The van der Waals surface area contributed by atoms with Gasteiger partial charge in [0.15, 0.2) is 0 Å². The summed E-state index contributed by atoms with van der Waals surface area (Å²) in [7, 11) is -3.61. The number of aryl methyl sites for hydroxylation is 1. The summed E-state index contributed by atoms with van der Waals surface area (Å²) in [5.41, 5.74) is 2.00. The molecule has 0 spiro atoms. The molecule has 1 saturated heterocycles. The normalized spacial score (nSPS) is 15.0. The zero-order valence-electron chi connectivity index (χ0n) is 17.6. The van der Waals surface area contributed by atoms with Crippen LogP contribution in [0.5, 0.6) is 0 Å². The Labute approximate surface area is 183 Å². The van der Waals surface area contributed by atoms with Gasteiger partial charge in [0.25, 0.3) is 0 Å². The minimum absolute atomic E-state index is 0.150. The van der Waals surface area contributed by atoms with E-state index >= 15 is 0 Å². The standard InChI is InChI=1S/C22H28N4O4S/c1-17-8-6-9-18(14-17)25-22(28)23-16-21(27)24-19-10-7-11-20(15-19)31(29,30)26-12-4-2-3-5-13-26/h6-11,14-15H,2-5,12-13,16H2,1H3,(H,24,27)(H2,23,25,28). The third kappa shape index (κ3) is 6.53. The fraction of sp³-hybridized carbons (Fsp3) is 0.364. The number of hydrogen-bond acceptors (Lipinski definition) is 4. The second kappa shape index (κ2) is 10.4. The number of hydrogen-bond donors (Lipinski definition) is 3. The number of nitrogens with one attached hydrogen (secondary N) is 3. The van der Waals surface area contributed by atoms with Crippen LogP contribution in [0.1, 0.15) is 31.2 Å². The Morgan fingerprint density at radius 2 is 1.55 bits per heavy atom. The van der Waals surface area contributed by atoms with Crippen LogP contribution in [0.25, 0.3) is 0 Å². The first-order chi connectivity index (χ1) is 14.8. The Bertz CT molecular complexity index is 1030. The van der Waals surface area contributed by atoms with Crippen LogP contribution in [-0.2, 0) is 14.8 Å². The highest BCUT2D eigenvalue weighted by atomic mass is 32.2. The number of rotatable bonds is 6. The number of amides is 3. The fourth-order valence-electron chi connectivity index (χ4n) is 3.43. The second-order valence-electron chi connectivity index (χ2n) is 7.57. The highest BCUT2D eigenvalue weighted by molar-refractivity contribution is 7.89. The summed E-state index contributed by atoms with van der Waals surface area (Å²) in [6.07, 6.45) is 3.77. The minimum atomic E-state index is -3.61. The van der Waals surface area contributed by atoms with Crippen molar-refractivity contribution in [2.24, 2.45) is 0 Å². The van der Waals surface area contributed by atoms with Crippen molar-refractivity contribution in [1.29, 1.82) is 0 Å². The molecule has 1 fully saturated rings. The van der Waals surface area contributed by atoms with Gasteiger partial charge in [0, 0.05) is 24.5 Å². The maximum atomic E-state index is 12.9. The quantitative estimate of drug-likeness (QED) is 0.635. The molecule has 2 aromatic carbocycles. The molecule has 3 amide bonds. The molecule has 1 aliphatic heterocycles. The van der Waals surface area contributed by atoms with Crippen molar-refractivity contribution in [3.8, 4) is 0 Å². The molecule has 0 aromatic heterocycles. The van der Waals surface area contributed by atoms with E-state index in [4.69, 9.17) is 0 Å². The van der Waals surface area contributed by atoms with Gasteiger partial charge in [-0.15, -0.1) is 0 Å². The monoisotopic (exact) mass is 444 g/mol. The van der Waals surface area contributed by atoms with Gasteiger partial charge in [0.1, 0.15) is 0 Å². The average molecular weight is 445 g/mol. The van der Waals surface area contributed by atoms with E-state index in [-0.39, 0.29) is 11.4 Å². The van der Waals surface area contributed by atoms with Gasteiger partial charge in [0.05, 0.1) is 11.4 Å². The van der Waals surface area contributed by atoms with Crippen LogP contribution in [0.15, 0.2) is 53.4 Å². The highest BCUT2D eigenvalue weighted by Crippen LogP contribution is 2.22. The molecular weight excluding hydrogens is 416 g/mol. The molecule has 0 saturated carbocycles. The molecule has 2 aromatic rings. The van der Waals surface area contributed by atoms with E-state index in [2.05, 4.69) is 16.0 Å². The highest BCUT2D eigenvalue weighted by Gasteiger charge is 2.25. The number of benzene rings is 2. The zero-order chi connectivity index (χ0) is 22.3. The molecule has 1 aliphatic rings. The van der Waals surface area contributed by atoms with Gasteiger partial charge in [-0.2, -0.15) is 4.31 Å². The lowest BCUT2D eigenvalue weighted by molar-refractivity contribution is -0.115. The van der Waals surface area contributed by atoms with Crippen molar-refractivity contribution in [3.05, 3.63) is 54.1 Å². The SMILES string of the molecule is Cc1cccc(NC(=O)NCC(=O)Nc2cccc(S(=O)(=O)N3CCCCCC3)c2)c1. The average Bonchev–Trinajstić information content (AvgIpc) is 3.03. The van der Waals surface area contributed by atoms with E-state index in [1.165, 1.54) is 16.4 Å². The predicted octanol–water partition coefficient (Wildman–Crippen LogP) is 3.32. The topological polar surface area (TPSA) is 108 Å². The van der Waals surface area contributed by atoms with Gasteiger partial charge in [-0.05, 0) is 55.7 Å². The van der Waals surface area contributed by atoms with Gasteiger partial charge in [0.2, 0.25) is 15.9 Å². The molecule has 0 radical (unpaired) electrons. The summed E-state index contributed by atoms with van der Waals surface area (Å²) in [5.74, 6) is -0.455. The smallest absolute Gasteiger partial charge is 0.319 e. The van der Waals surface area contributed by atoms with E-state index in [1.54, 1.807) is 18.2 Å². The number of nitrogens with zero attached hydrogens (tertiary/aromatic N) is 1. The maximum Gasteiger partial charge on any atom is 0.319 e. The van der Waals surface area contributed by atoms with Gasteiger partial charge in [-0.3, -0.25) is 4.79 Å². The van der Waals surface area contributed by atoms with Crippen molar-refractivity contribution in [3.63, 3.8) is 0 Å². The summed E-state index contributed by atoms with van der Waals surface area (Å²) in [6, 6.07) is 13.0. The molecule has 0 unspecified atom stereocenters. The summed E-state index contributed by atoms with van der Waals surface area (Å²) >= 11 is 0. The van der Waals surface area contributed by atoms with E-state index in [1.807, 2.05) is 25.1 Å². The van der Waals surface area contributed by atoms with Gasteiger partial charge in [-0.25, -0.2) is 13.2 Å². The molecule has 166 valence electrons. The summed E-state index contributed by atoms with van der Waals surface area (Å²) in [6.45, 7) is 2.69. The van der Waals surface area contributed by atoms with E-state index in [9.17, 15) is 18.0 Å². The van der Waals surface area contributed by atoms with Gasteiger partial charge >= 0.3 is 6.03 Å². The van der Waals surface area contributed by atoms with Crippen LogP contribution in [0.3, 0.4) is 0 Å². The summed E-state index contributed by atoms with van der Waals surface area (Å²) < 4.78 is 27.4. The first-order valence-electron chi connectivity index (χ1n) is 10.4. The van der Waals surface area contributed by atoms with Crippen LogP contribution < -0.4 is 16.0 Å². The second-order valence-corrected chi connectivity index (χ2v) is 9.51. The third-order valence-electron chi connectivity index (χ3n) is 5.01.